The summed E-state index contributed by atoms with van der Waals surface area (Å²) in [7, 11) is 5.47. The second-order valence-electron chi connectivity index (χ2n) is 3.81. The minimum absolute atomic E-state index is 0.199. The lowest BCUT2D eigenvalue weighted by atomic mass is 10.1. The summed E-state index contributed by atoms with van der Waals surface area (Å²) in [5, 5.41) is 0. The summed E-state index contributed by atoms with van der Waals surface area (Å²) >= 11 is 0. The summed E-state index contributed by atoms with van der Waals surface area (Å²) in [6, 6.07) is 8.02. The minimum atomic E-state index is -0.199. The van der Waals surface area contributed by atoms with Gasteiger partial charge in [-0.2, -0.15) is 0 Å². The van der Waals surface area contributed by atoms with Crippen molar-refractivity contribution in [2.75, 3.05) is 21.2 Å². The number of rotatable bonds is 4. The fourth-order valence-electron chi connectivity index (χ4n) is 1.37. The third kappa shape index (κ3) is 4.13. The van der Waals surface area contributed by atoms with Gasteiger partial charge in [0.05, 0.1) is 13.5 Å². The van der Waals surface area contributed by atoms with Gasteiger partial charge in [-0.15, -0.1) is 0 Å². The lowest BCUT2D eigenvalue weighted by Gasteiger charge is -2.09. The van der Waals surface area contributed by atoms with Crippen LogP contribution >= 0.6 is 0 Å². The fraction of sp³-hybridized carbons (Fsp3) is 0.417. The van der Waals surface area contributed by atoms with E-state index in [1.807, 2.05) is 38.4 Å². The first-order chi connectivity index (χ1) is 7.11. The van der Waals surface area contributed by atoms with Crippen molar-refractivity contribution in [3.8, 4) is 0 Å². The molecule has 1 rings (SSSR count). The normalized spacial score (nSPS) is 10.4. The molecule has 1 aromatic rings. The first-order valence-electron chi connectivity index (χ1n) is 4.91. The maximum Gasteiger partial charge on any atom is 0.309 e. The van der Waals surface area contributed by atoms with Crippen LogP contribution in [0.25, 0.3) is 0 Å². The van der Waals surface area contributed by atoms with E-state index < -0.39 is 0 Å². The predicted molar refractivity (Wildman–Crippen MR) is 59.6 cm³/mol. The Morgan fingerprint density at radius 2 is 1.73 bits per heavy atom. The molecule has 0 aliphatic carbocycles. The molecule has 0 aliphatic rings. The van der Waals surface area contributed by atoms with Gasteiger partial charge in [0.2, 0.25) is 0 Å². The van der Waals surface area contributed by atoms with Gasteiger partial charge in [0.25, 0.3) is 0 Å². The van der Waals surface area contributed by atoms with E-state index in [1.54, 1.807) is 0 Å². The molecule has 3 nitrogen and oxygen atoms in total. The Balaban J connectivity index is 2.60. The van der Waals surface area contributed by atoms with E-state index in [-0.39, 0.29) is 5.97 Å². The second kappa shape index (κ2) is 5.51. The Kier molecular flexibility index (Phi) is 4.31. The van der Waals surface area contributed by atoms with Crippen molar-refractivity contribution in [3.05, 3.63) is 35.4 Å². The molecule has 0 fully saturated rings. The van der Waals surface area contributed by atoms with E-state index in [2.05, 4.69) is 9.64 Å². The largest absolute Gasteiger partial charge is 0.469 e. The van der Waals surface area contributed by atoms with Gasteiger partial charge in [-0.3, -0.25) is 4.79 Å². The highest BCUT2D eigenvalue weighted by Crippen LogP contribution is 2.07. The molecule has 0 amide bonds. The maximum atomic E-state index is 11.0. The van der Waals surface area contributed by atoms with Gasteiger partial charge in [0, 0.05) is 6.54 Å². The standard InChI is InChI=1S/C12H17NO2/c1-13(2)9-11-6-4-10(5-7-11)8-12(14)15-3/h4-7H,8-9H2,1-3H3. The zero-order valence-corrected chi connectivity index (χ0v) is 9.49. The van der Waals surface area contributed by atoms with Gasteiger partial charge < -0.3 is 9.64 Å². The molecule has 3 heteroatoms. The lowest BCUT2D eigenvalue weighted by molar-refractivity contribution is -0.139. The summed E-state index contributed by atoms with van der Waals surface area (Å²) in [5.41, 5.74) is 2.23. The van der Waals surface area contributed by atoms with Gasteiger partial charge in [-0.25, -0.2) is 0 Å². The van der Waals surface area contributed by atoms with Crippen molar-refractivity contribution in [2.24, 2.45) is 0 Å². The van der Waals surface area contributed by atoms with E-state index in [4.69, 9.17) is 0 Å². The molecule has 15 heavy (non-hydrogen) atoms. The number of nitrogens with zero attached hydrogens (tertiary/aromatic N) is 1. The van der Waals surface area contributed by atoms with Crippen LogP contribution in [0.4, 0.5) is 0 Å². The smallest absolute Gasteiger partial charge is 0.309 e. The molecule has 0 unspecified atom stereocenters. The van der Waals surface area contributed by atoms with Gasteiger partial charge in [-0.05, 0) is 25.2 Å². The van der Waals surface area contributed by atoms with Crippen LogP contribution in [0.1, 0.15) is 11.1 Å². The molecule has 1 aromatic carbocycles. The highest BCUT2D eigenvalue weighted by atomic mass is 16.5. The van der Waals surface area contributed by atoms with Crippen LogP contribution in [0, 0.1) is 0 Å². The molecule has 0 atom stereocenters. The first-order valence-corrected chi connectivity index (χ1v) is 4.91. The molecule has 0 radical (unpaired) electrons. The average Bonchev–Trinajstić information content (AvgIpc) is 2.20. The Morgan fingerprint density at radius 3 is 2.20 bits per heavy atom. The van der Waals surface area contributed by atoms with Crippen molar-refractivity contribution in [2.45, 2.75) is 13.0 Å². The van der Waals surface area contributed by atoms with Crippen LogP contribution in [0.2, 0.25) is 0 Å². The number of hydrogen-bond acceptors (Lipinski definition) is 3. The predicted octanol–water partition coefficient (Wildman–Crippen LogP) is 1.46. The highest BCUT2D eigenvalue weighted by molar-refractivity contribution is 5.72. The van der Waals surface area contributed by atoms with Crippen LogP contribution in [0.3, 0.4) is 0 Å². The number of benzene rings is 1. The molecule has 82 valence electrons. The van der Waals surface area contributed by atoms with E-state index in [0.29, 0.717) is 6.42 Å². The maximum absolute atomic E-state index is 11.0. The van der Waals surface area contributed by atoms with Gasteiger partial charge in [0.1, 0.15) is 0 Å². The molecular weight excluding hydrogens is 190 g/mol. The molecule has 0 aliphatic heterocycles. The topological polar surface area (TPSA) is 29.5 Å². The second-order valence-corrected chi connectivity index (χ2v) is 3.81. The molecule has 0 saturated heterocycles. The summed E-state index contributed by atoms with van der Waals surface area (Å²) in [6.45, 7) is 0.915. The number of carbonyl (C=O) groups excluding carboxylic acids is 1. The van der Waals surface area contributed by atoms with E-state index >= 15 is 0 Å². The zero-order valence-electron chi connectivity index (χ0n) is 9.49. The molecule has 0 aromatic heterocycles. The summed E-state index contributed by atoms with van der Waals surface area (Å²) in [6.07, 6.45) is 0.346. The van der Waals surface area contributed by atoms with Gasteiger partial charge >= 0.3 is 5.97 Å². The van der Waals surface area contributed by atoms with Crippen molar-refractivity contribution in [1.29, 1.82) is 0 Å². The number of methoxy groups -OCH3 is 1. The molecular formula is C12H17NO2. The van der Waals surface area contributed by atoms with Crippen molar-refractivity contribution in [3.63, 3.8) is 0 Å². The van der Waals surface area contributed by atoms with E-state index in [9.17, 15) is 4.79 Å². The molecule has 0 heterocycles. The Labute approximate surface area is 90.7 Å². The van der Waals surface area contributed by atoms with Gasteiger partial charge in [-0.1, -0.05) is 24.3 Å². The van der Waals surface area contributed by atoms with Crippen LogP contribution < -0.4 is 0 Å². The Bertz CT molecular complexity index is 317. The minimum Gasteiger partial charge on any atom is -0.469 e. The third-order valence-corrected chi connectivity index (χ3v) is 2.10. The quantitative estimate of drug-likeness (QED) is 0.700. The fourth-order valence-corrected chi connectivity index (χ4v) is 1.37. The van der Waals surface area contributed by atoms with Crippen molar-refractivity contribution >= 4 is 5.97 Å². The Morgan fingerprint density at radius 1 is 1.20 bits per heavy atom. The number of hydrogen-bond donors (Lipinski definition) is 0. The number of ether oxygens (including phenoxy) is 1. The van der Waals surface area contributed by atoms with Crippen molar-refractivity contribution < 1.29 is 9.53 Å². The van der Waals surface area contributed by atoms with Crippen LogP contribution in [-0.2, 0) is 22.5 Å². The van der Waals surface area contributed by atoms with Gasteiger partial charge in [0.15, 0.2) is 0 Å². The van der Waals surface area contributed by atoms with E-state index in [0.717, 1.165) is 12.1 Å². The monoisotopic (exact) mass is 207 g/mol. The molecule has 0 spiro atoms. The molecule has 0 saturated carbocycles. The van der Waals surface area contributed by atoms with Crippen LogP contribution in [-0.4, -0.2) is 32.1 Å². The number of carbonyl (C=O) groups is 1. The zero-order chi connectivity index (χ0) is 11.3. The summed E-state index contributed by atoms with van der Waals surface area (Å²) < 4.78 is 4.60. The van der Waals surface area contributed by atoms with Crippen molar-refractivity contribution in [1.82, 2.24) is 4.90 Å². The lowest BCUT2D eigenvalue weighted by Crippen LogP contribution is -2.10. The highest BCUT2D eigenvalue weighted by Gasteiger charge is 2.02. The third-order valence-electron chi connectivity index (χ3n) is 2.10. The first kappa shape index (κ1) is 11.7. The average molecular weight is 207 g/mol. The Hall–Kier alpha value is -1.35. The van der Waals surface area contributed by atoms with Crippen LogP contribution in [0.5, 0.6) is 0 Å². The summed E-state index contributed by atoms with van der Waals surface area (Å²) in [4.78, 5) is 13.1. The summed E-state index contributed by atoms with van der Waals surface area (Å²) in [5.74, 6) is -0.199. The van der Waals surface area contributed by atoms with E-state index in [1.165, 1.54) is 12.7 Å². The van der Waals surface area contributed by atoms with Crippen LogP contribution in [0.15, 0.2) is 24.3 Å². The molecule has 0 N–H and O–H groups in total. The SMILES string of the molecule is COC(=O)Cc1ccc(CN(C)C)cc1. The molecule has 0 bridgehead atoms. The number of esters is 1.